The predicted molar refractivity (Wildman–Crippen MR) is 96.0 cm³/mol. The van der Waals surface area contributed by atoms with Crippen molar-refractivity contribution in [1.29, 1.82) is 0 Å². The molecule has 1 atom stereocenters. The van der Waals surface area contributed by atoms with Gasteiger partial charge in [-0.25, -0.2) is 0 Å². The molecule has 128 valence electrons. The van der Waals surface area contributed by atoms with Gasteiger partial charge >= 0.3 is 0 Å². The van der Waals surface area contributed by atoms with Crippen molar-refractivity contribution in [3.63, 3.8) is 0 Å². The number of hydrogen-bond donors (Lipinski definition) is 1. The summed E-state index contributed by atoms with van der Waals surface area (Å²) in [5, 5.41) is 9.91. The number of ether oxygens (including phenoxy) is 2. The van der Waals surface area contributed by atoms with Crippen molar-refractivity contribution in [3.05, 3.63) is 58.1 Å². The molecular weight excluding hydrogens is 300 g/mol. The molecule has 0 unspecified atom stereocenters. The second-order valence-corrected chi connectivity index (χ2v) is 7.16. The van der Waals surface area contributed by atoms with Crippen molar-refractivity contribution in [1.82, 2.24) is 0 Å². The molecule has 0 spiro atoms. The first kappa shape index (κ1) is 16.8. The quantitative estimate of drug-likeness (QED) is 0.903. The third kappa shape index (κ3) is 2.67. The third-order valence-corrected chi connectivity index (χ3v) is 5.19. The van der Waals surface area contributed by atoms with Crippen LogP contribution >= 0.6 is 0 Å². The van der Waals surface area contributed by atoms with Gasteiger partial charge in [0.2, 0.25) is 0 Å². The van der Waals surface area contributed by atoms with Gasteiger partial charge < -0.3 is 14.6 Å². The van der Waals surface area contributed by atoms with Crippen molar-refractivity contribution in [2.45, 2.75) is 52.7 Å². The highest BCUT2D eigenvalue weighted by Crippen LogP contribution is 2.51. The van der Waals surface area contributed by atoms with Crippen LogP contribution in [-0.2, 0) is 6.61 Å². The molecule has 0 saturated heterocycles. The molecule has 0 aliphatic carbocycles. The van der Waals surface area contributed by atoms with E-state index in [2.05, 4.69) is 32.9 Å². The SMILES string of the molecule is Cc1c(C)c2c(c(C)c1OCc1ccccc1)[C@H](CO)C(C)(C)O2. The molecule has 0 saturated carbocycles. The summed E-state index contributed by atoms with van der Waals surface area (Å²) >= 11 is 0. The highest BCUT2D eigenvalue weighted by atomic mass is 16.5. The van der Waals surface area contributed by atoms with Gasteiger partial charge in [0.05, 0.1) is 12.5 Å². The van der Waals surface area contributed by atoms with Gasteiger partial charge in [-0.05, 0) is 56.9 Å². The molecule has 0 aromatic heterocycles. The van der Waals surface area contributed by atoms with Gasteiger partial charge in [-0.15, -0.1) is 0 Å². The Hall–Kier alpha value is -2.00. The Balaban J connectivity index is 2.02. The van der Waals surface area contributed by atoms with E-state index < -0.39 is 5.60 Å². The van der Waals surface area contributed by atoms with Crippen LogP contribution in [0.2, 0.25) is 0 Å². The molecule has 0 radical (unpaired) electrons. The van der Waals surface area contributed by atoms with E-state index in [9.17, 15) is 5.11 Å². The Kier molecular flexibility index (Phi) is 4.31. The lowest BCUT2D eigenvalue weighted by Crippen LogP contribution is -2.32. The Morgan fingerprint density at radius 2 is 1.71 bits per heavy atom. The monoisotopic (exact) mass is 326 g/mol. The molecule has 2 aromatic rings. The fourth-order valence-electron chi connectivity index (χ4n) is 3.61. The Bertz CT molecular complexity index is 748. The lowest BCUT2D eigenvalue weighted by atomic mass is 9.83. The summed E-state index contributed by atoms with van der Waals surface area (Å²) in [6.45, 7) is 10.9. The van der Waals surface area contributed by atoms with E-state index in [0.29, 0.717) is 6.61 Å². The molecular formula is C21H26O3. The molecule has 0 bridgehead atoms. The van der Waals surface area contributed by atoms with E-state index >= 15 is 0 Å². The van der Waals surface area contributed by atoms with Crippen LogP contribution in [0.25, 0.3) is 0 Å². The third-order valence-electron chi connectivity index (χ3n) is 5.19. The lowest BCUT2D eigenvalue weighted by Gasteiger charge is -2.25. The summed E-state index contributed by atoms with van der Waals surface area (Å²) in [7, 11) is 0. The number of fused-ring (bicyclic) bond motifs is 1. The zero-order valence-corrected chi connectivity index (χ0v) is 15.1. The molecule has 2 aromatic carbocycles. The zero-order valence-electron chi connectivity index (χ0n) is 15.1. The minimum absolute atomic E-state index is 0.0362. The largest absolute Gasteiger partial charge is 0.488 e. The number of rotatable bonds is 4. The Morgan fingerprint density at radius 1 is 1.04 bits per heavy atom. The summed E-state index contributed by atoms with van der Waals surface area (Å²) in [6.07, 6.45) is 0. The average molecular weight is 326 g/mol. The van der Waals surface area contributed by atoms with Crippen molar-refractivity contribution < 1.29 is 14.6 Å². The zero-order chi connectivity index (χ0) is 17.5. The fourth-order valence-corrected chi connectivity index (χ4v) is 3.61. The number of benzene rings is 2. The molecule has 1 aliphatic rings. The van der Waals surface area contributed by atoms with E-state index in [1.165, 1.54) is 0 Å². The molecule has 1 N–H and O–H groups in total. The maximum atomic E-state index is 9.91. The van der Waals surface area contributed by atoms with Crippen LogP contribution in [0.5, 0.6) is 11.5 Å². The van der Waals surface area contributed by atoms with Crippen LogP contribution in [0.15, 0.2) is 30.3 Å². The van der Waals surface area contributed by atoms with Gasteiger partial charge in [0.15, 0.2) is 0 Å². The maximum Gasteiger partial charge on any atom is 0.127 e. The van der Waals surface area contributed by atoms with E-state index in [1.54, 1.807) is 0 Å². The molecule has 0 amide bonds. The number of hydrogen-bond acceptors (Lipinski definition) is 3. The number of aliphatic hydroxyl groups is 1. The first-order valence-corrected chi connectivity index (χ1v) is 8.47. The van der Waals surface area contributed by atoms with Gasteiger partial charge in [-0.3, -0.25) is 0 Å². The van der Waals surface area contributed by atoms with Crippen LogP contribution in [-0.4, -0.2) is 17.3 Å². The topological polar surface area (TPSA) is 38.7 Å². The van der Waals surface area contributed by atoms with Crippen LogP contribution in [0, 0.1) is 20.8 Å². The van der Waals surface area contributed by atoms with Gasteiger partial charge in [0, 0.05) is 5.56 Å². The maximum absolute atomic E-state index is 9.91. The standard InChI is InChI=1S/C21H26O3/c1-13-14(2)20-18(17(11-22)21(4,5)24-20)15(3)19(13)23-12-16-9-7-6-8-10-16/h6-10,17,22H,11-12H2,1-5H3/t17-/m0/s1. The summed E-state index contributed by atoms with van der Waals surface area (Å²) in [5.74, 6) is 1.79. The van der Waals surface area contributed by atoms with Crippen molar-refractivity contribution in [3.8, 4) is 11.5 Å². The molecule has 1 heterocycles. The average Bonchev–Trinajstić information content (AvgIpc) is 2.84. The molecule has 1 aliphatic heterocycles. The summed E-state index contributed by atoms with van der Waals surface area (Å²) in [5.41, 5.74) is 5.11. The number of aliphatic hydroxyl groups excluding tert-OH is 1. The van der Waals surface area contributed by atoms with Crippen LogP contribution in [0.4, 0.5) is 0 Å². The first-order valence-electron chi connectivity index (χ1n) is 8.47. The van der Waals surface area contributed by atoms with E-state index in [4.69, 9.17) is 9.47 Å². The highest BCUT2D eigenvalue weighted by molar-refractivity contribution is 5.61. The molecule has 3 nitrogen and oxygen atoms in total. The lowest BCUT2D eigenvalue weighted by molar-refractivity contribution is 0.0808. The molecule has 3 heteroatoms. The molecule has 3 rings (SSSR count). The van der Waals surface area contributed by atoms with Crippen molar-refractivity contribution in [2.75, 3.05) is 6.61 Å². The van der Waals surface area contributed by atoms with Crippen molar-refractivity contribution in [2.24, 2.45) is 0 Å². The van der Waals surface area contributed by atoms with E-state index in [-0.39, 0.29) is 12.5 Å². The molecule has 0 fully saturated rings. The second-order valence-electron chi connectivity index (χ2n) is 7.16. The predicted octanol–water partition coefficient (Wildman–Crippen LogP) is 4.44. The molecule has 24 heavy (non-hydrogen) atoms. The van der Waals surface area contributed by atoms with Gasteiger partial charge in [-0.2, -0.15) is 0 Å². The van der Waals surface area contributed by atoms with Crippen LogP contribution in [0.1, 0.15) is 47.6 Å². The fraction of sp³-hybridized carbons (Fsp3) is 0.429. The van der Waals surface area contributed by atoms with Crippen LogP contribution < -0.4 is 9.47 Å². The normalized spacial score (nSPS) is 18.2. The minimum Gasteiger partial charge on any atom is -0.488 e. The van der Waals surface area contributed by atoms with E-state index in [0.717, 1.165) is 39.3 Å². The van der Waals surface area contributed by atoms with Crippen molar-refractivity contribution >= 4 is 0 Å². The smallest absolute Gasteiger partial charge is 0.127 e. The summed E-state index contributed by atoms with van der Waals surface area (Å²) in [6, 6.07) is 10.2. The van der Waals surface area contributed by atoms with E-state index in [1.807, 2.05) is 32.0 Å². The summed E-state index contributed by atoms with van der Waals surface area (Å²) in [4.78, 5) is 0. The van der Waals surface area contributed by atoms with Gasteiger partial charge in [0.25, 0.3) is 0 Å². The van der Waals surface area contributed by atoms with Gasteiger partial charge in [-0.1, -0.05) is 30.3 Å². The highest BCUT2D eigenvalue weighted by Gasteiger charge is 2.43. The first-order chi connectivity index (χ1) is 11.4. The van der Waals surface area contributed by atoms with Gasteiger partial charge in [0.1, 0.15) is 23.7 Å². The second kappa shape index (κ2) is 6.14. The Morgan fingerprint density at radius 3 is 2.33 bits per heavy atom. The minimum atomic E-state index is -0.406. The summed E-state index contributed by atoms with van der Waals surface area (Å²) < 4.78 is 12.4. The van der Waals surface area contributed by atoms with Crippen LogP contribution in [0.3, 0.4) is 0 Å². The Labute approximate surface area is 144 Å².